The molecule has 4 fully saturated rings. The van der Waals surface area contributed by atoms with Crippen LogP contribution < -0.4 is 0 Å². The predicted molar refractivity (Wildman–Crippen MR) is 152 cm³/mol. The van der Waals surface area contributed by atoms with Crippen molar-refractivity contribution >= 4 is 11.9 Å². The SMILES string of the molecule is CC(OC(=O)c1ccccc1)C1CCC2C3CCC4CC(OC(=O)c5ccccc5)CCC4(C)C3CCC12C. The molecule has 0 N–H and O–H groups in total. The molecule has 0 saturated heterocycles. The third-order valence-corrected chi connectivity index (χ3v) is 11.8. The zero-order chi connectivity index (χ0) is 27.2. The Morgan fingerprint density at radius 1 is 0.744 bits per heavy atom. The molecule has 208 valence electrons. The van der Waals surface area contributed by atoms with Crippen molar-refractivity contribution in [2.45, 2.75) is 90.8 Å². The van der Waals surface area contributed by atoms with Gasteiger partial charge in [-0.15, -0.1) is 0 Å². The van der Waals surface area contributed by atoms with E-state index in [4.69, 9.17) is 9.47 Å². The molecule has 4 aliphatic carbocycles. The summed E-state index contributed by atoms with van der Waals surface area (Å²) in [6.07, 6.45) is 10.6. The zero-order valence-electron chi connectivity index (χ0n) is 23.8. The first-order valence-electron chi connectivity index (χ1n) is 15.3. The zero-order valence-corrected chi connectivity index (χ0v) is 23.8. The summed E-state index contributed by atoms with van der Waals surface area (Å²) in [5, 5.41) is 0. The summed E-state index contributed by atoms with van der Waals surface area (Å²) in [6.45, 7) is 7.19. The summed E-state index contributed by atoms with van der Waals surface area (Å²) >= 11 is 0. The molecule has 0 spiro atoms. The second-order valence-electron chi connectivity index (χ2n) is 13.5. The lowest BCUT2D eigenvalue weighted by Gasteiger charge is -2.61. The Morgan fingerprint density at radius 2 is 1.36 bits per heavy atom. The highest BCUT2D eigenvalue weighted by Crippen LogP contribution is 2.68. The van der Waals surface area contributed by atoms with Crippen molar-refractivity contribution in [2.24, 2.45) is 40.4 Å². The van der Waals surface area contributed by atoms with Gasteiger partial charge in [0.1, 0.15) is 12.2 Å². The van der Waals surface area contributed by atoms with Crippen LogP contribution in [-0.4, -0.2) is 24.1 Å². The monoisotopic (exact) mass is 528 g/mol. The highest BCUT2D eigenvalue weighted by atomic mass is 16.5. The van der Waals surface area contributed by atoms with E-state index < -0.39 is 0 Å². The first-order chi connectivity index (χ1) is 18.8. The minimum Gasteiger partial charge on any atom is -0.459 e. The van der Waals surface area contributed by atoms with Gasteiger partial charge in [0.15, 0.2) is 0 Å². The maximum Gasteiger partial charge on any atom is 0.338 e. The third-order valence-electron chi connectivity index (χ3n) is 11.8. The topological polar surface area (TPSA) is 52.6 Å². The van der Waals surface area contributed by atoms with Gasteiger partial charge in [-0.3, -0.25) is 0 Å². The van der Waals surface area contributed by atoms with Crippen molar-refractivity contribution in [3.63, 3.8) is 0 Å². The van der Waals surface area contributed by atoms with Crippen LogP contribution in [0.5, 0.6) is 0 Å². The largest absolute Gasteiger partial charge is 0.459 e. The maximum absolute atomic E-state index is 12.8. The van der Waals surface area contributed by atoms with Gasteiger partial charge < -0.3 is 9.47 Å². The Labute approximate surface area is 233 Å². The summed E-state index contributed by atoms with van der Waals surface area (Å²) in [5.41, 5.74) is 1.87. The molecule has 2 aromatic rings. The van der Waals surface area contributed by atoms with Crippen LogP contribution >= 0.6 is 0 Å². The molecule has 4 heteroatoms. The lowest BCUT2D eigenvalue weighted by Crippen LogP contribution is -2.54. The quantitative estimate of drug-likeness (QED) is 0.368. The molecule has 2 aromatic carbocycles. The molecule has 4 nitrogen and oxygen atoms in total. The van der Waals surface area contributed by atoms with Crippen molar-refractivity contribution in [1.29, 1.82) is 0 Å². The first-order valence-corrected chi connectivity index (χ1v) is 15.3. The van der Waals surface area contributed by atoms with Crippen molar-refractivity contribution in [3.05, 3.63) is 71.8 Å². The number of hydrogen-bond donors (Lipinski definition) is 0. The minimum absolute atomic E-state index is 0.0391. The average Bonchev–Trinajstić information content (AvgIpc) is 3.31. The first kappa shape index (κ1) is 26.6. The summed E-state index contributed by atoms with van der Waals surface area (Å²) < 4.78 is 12.1. The summed E-state index contributed by atoms with van der Waals surface area (Å²) in [5.74, 6) is 2.91. The van der Waals surface area contributed by atoms with Crippen LogP contribution in [0.3, 0.4) is 0 Å². The summed E-state index contributed by atoms with van der Waals surface area (Å²) in [4.78, 5) is 25.5. The molecule has 4 saturated carbocycles. The maximum atomic E-state index is 12.8. The minimum atomic E-state index is -0.193. The van der Waals surface area contributed by atoms with E-state index in [1.807, 2.05) is 60.7 Å². The van der Waals surface area contributed by atoms with Crippen LogP contribution in [-0.2, 0) is 9.47 Å². The standard InChI is InChI=1S/C35H44O4/c1-23(38-32(36)24-10-6-4-7-11-24)29-16-17-30-28-15-14-26-22-27(39-33(37)25-12-8-5-9-13-25)18-20-34(26,2)31(28)19-21-35(29,30)3/h4-13,23,26-31H,14-22H2,1-3H3. The fourth-order valence-electron chi connectivity index (χ4n) is 9.82. The van der Waals surface area contributed by atoms with Crippen LogP contribution in [0.15, 0.2) is 60.7 Å². The Kier molecular flexibility index (Phi) is 7.10. The van der Waals surface area contributed by atoms with Crippen molar-refractivity contribution in [2.75, 3.05) is 0 Å². The Hall–Kier alpha value is -2.62. The van der Waals surface area contributed by atoms with Crippen LogP contribution in [0.2, 0.25) is 0 Å². The lowest BCUT2D eigenvalue weighted by atomic mass is 9.44. The molecule has 9 atom stereocenters. The number of esters is 2. The lowest BCUT2D eigenvalue weighted by molar-refractivity contribution is -0.133. The van der Waals surface area contributed by atoms with Gasteiger partial charge in [-0.25, -0.2) is 9.59 Å². The highest BCUT2D eigenvalue weighted by molar-refractivity contribution is 5.89. The average molecular weight is 529 g/mol. The second kappa shape index (κ2) is 10.4. The normalized spacial score (nSPS) is 38.0. The third kappa shape index (κ3) is 4.72. The molecule has 0 aromatic heterocycles. The fraction of sp³-hybridized carbons (Fsp3) is 0.600. The van der Waals surface area contributed by atoms with E-state index in [9.17, 15) is 9.59 Å². The number of ether oxygens (including phenoxy) is 2. The number of benzene rings is 2. The fourth-order valence-corrected chi connectivity index (χ4v) is 9.82. The van der Waals surface area contributed by atoms with E-state index in [0.717, 1.165) is 37.5 Å². The number of carbonyl (C=O) groups excluding carboxylic acids is 2. The smallest absolute Gasteiger partial charge is 0.338 e. The molecule has 9 unspecified atom stereocenters. The van der Waals surface area contributed by atoms with Crippen LogP contribution in [0.1, 0.15) is 99.3 Å². The molecule has 39 heavy (non-hydrogen) atoms. The number of hydrogen-bond acceptors (Lipinski definition) is 4. The van der Waals surface area contributed by atoms with Crippen LogP contribution in [0.25, 0.3) is 0 Å². The molecule has 0 aliphatic heterocycles. The van der Waals surface area contributed by atoms with E-state index in [2.05, 4.69) is 20.8 Å². The van der Waals surface area contributed by atoms with Gasteiger partial charge in [-0.2, -0.15) is 0 Å². The molecule has 0 heterocycles. The van der Waals surface area contributed by atoms with Gasteiger partial charge in [0.25, 0.3) is 0 Å². The number of carbonyl (C=O) groups is 2. The van der Waals surface area contributed by atoms with E-state index in [0.29, 0.717) is 34.3 Å². The van der Waals surface area contributed by atoms with Gasteiger partial charge in [0, 0.05) is 5.92 Å². The molecular weight excluding hydrogens is 484 g/mol. The van der Waals surface area contributed by atoms with Crippen LogP contribution in [0.4, 0.5) is 0 Å². The van der Waals surface area contributed by atoms with E-state index in [1.54, 1.807) is 0 Å². The van der Waals surface area contributed by atoms with Crippen LogP contribution in [0, 0.1) is 40.4 Å². The summed E-state index contributed by atoms with van der Waals surface area (Å²) in [6, 6.07) is 18.8. The highest BCUT2D eigenvalue weighted by Gasteiger charge is 2.61. The number of fused-ring (bicyclic) bond motifs is 5. The predicted octanol–water partition coefficient (Wildman–Crippen LogP) is 8.12. The van der Waals surface area contributed by atoms with Gasteiger partial charge >= 0.3 is 11.9 Å². The molecule has 0 radical (unpaired) electrons. The van der Waals surface area contributed by atoms with E-state index in [1.165, 1.54) is 32.1 Å². The van der Waals surface area contributed by atoms with Gasteiger partial charge in [-0.05, 0) is 123 Å². The molecule has 6 rings (SSSR count). The van der Waals surface area contributed by atoms with Gasteiger partial charge in [0.05, 0.1) is 11.1 Å². The molecule has 4 aliphatic rings. The molecule has 0 bridgehead atoms. The van der Waals surface area contributed by atoms with Gasteiger partial charge in [-0.1, -0.05) is 50.2 Å². The van der Waals surface area contributed by atoms with Crippen molar-refractivity contribution in [3.8, 4) is 0 Å². The molecular formula is C35H44O4. The van der Waals surface area contributed by atoms with Crippen molar-refractivity contribution in [1.82, 2.24) is 0 Å². The Morgan fingerprint density at radius 3 is 2.05 bits per heavy atom. The van der Waals surface area contributed by atoms with Crippen molar-refractivity contribution < 1.29 is 19.1 Å². The Balaban J connectivity index is 1.11. The van der Waals surface area contributed by atoms with Gasteiger partial charge in [0.2, 0.25) is 0 Å². The molecule has 0 amide bonds. The number of rotatable bonds is 5. The summed E-state index contributed by atoms with van der Waals surface area (Å²) in [7, 11) is 0. The second-order valence-corrected chi connectivity index (χ2v) is 13.5. The Bertz CT molecular complexity index is 1180. The van der Waals surface area contributed by atoms with E-state index in [-0.39, 0.29) is 29.6 Å². The van der Waals surface area contributed by atoms with E-state index >= 15 is 0 Å².